The maximum absolute atomic E-state index is 9.93. The summed E-state index contributed by atoms with van der Waals surface area (Å²) in [5, 5.41) is 19.9. The van der Waals surface area contributed by atoms with Crippen LogP contribution in [0.3, 0.4) is 0 Å². The molecule has 0 heterocycles. The summed E-state index contributed by atoms with van der Waals surface area (Å²) in [4.78, 5) is 0. The van der Waals surface area contributed by atoms with Gasteiger partial charge in [0.05, 0.1) is 12.2 Å². The molecule has 24 heavy (non-hydrogen) atoms. The Hall–Kier alpha value is -0.0800. The number of aliphatic hydroxyl groups is 2. The van der Waals surface area contributed by atoms with Crippen LogP contribution in [0.2, 0.25) is 0 Å². The Morgan fingerprint density at radius 3 is 0.958 bits per heavy atom. The first-order chi connectivity index (χ1) is 11.7. The smallest absolute Gasteiger partial charge is 0.0540 e. The predicted octanol–water partition coefficient (Wildman–Crippen LogP) is 6.77. The molecule has 0 amide bonds. The lowest BCUT2D eigenvalue weighted by Crippen LogP contribution is -2.06. The van der Waals surface area contributed by atoms with Gasteiger partial charge in [-0.3, -0.25) is 0 Å². The first-order valence-electron chi connectivity index (χ1n) is 11.1. The molecular weight excluding hydrogens is 296 g/mol. The van der Waals surface area contributed by atoms with E-state index in [1.165, 1.54) is 89.9 Å². The van der Waals surface area contributed by atoms with Crippen LogP contribution in [0, 0.1) is 0 Å². The second-order valence-corrected chi connectivity index (χ2v) is 7.70. The maximum Gasteiger partial charge on any atom is 0.0540 e. The highest BCUT2D eigenvalue weighted by Gasteiger charge is 2.05. The zero-order chi connectivity index (χ0) is 17.9. The molecule has 146 valence electrons. The summed E-state index contributed by atoms with van der Waals surface area (Å²) < 4.78 is 0. The average molecular weight is 343 g/mol. The molecule has 0 rings (SSSR count). The first-order valence-corrected chi connectivity index (χ1v) is 11.1. The van der Waals surface area contributed by atoms with Crippen molar-refractivity contribution in [2.24, 2.45) is 0 Å². The van der Waals surface area contributed by atoms with Gasteiger partial charge < -0.3 is 10.2 Å². The lowest BCUT2D eigenvalue weighted by molar-refractivity contribution is 0.145. The van der Waals surface area contributed by atoms with E-state index < -0.39 is 0 Å². The van der Waals surface area contributed by atoms with E-state index in [0.29, 0.717) is 0 Å². The Balaban J connectivity index is 3.21. The van der Waals surface area contributed by atoms with Gasteiger partial charge in [0.15, 0.2) is 0 Å². The molecule has 0 aliphatic carbocycles. The standard InChI is InChI=1S/C22H46O2/c1-3-5-7-13-17-21(23)19-15-11-9-10-12-16-20-22(24)18-14-8-6-4-2/h21-24H,3-20H2,1-2H3/t21-,22+. The van der Waals surface area contributed by atoms with Gasteiger partial charge in [-0.2, -0.15) is 0 Å². The van der Waals surface area contributed by atoms with E-state index in [-0.39, 0.29) is 12.2 Å². The summed E-state index contributed by atoms with van der Waals surface area (Å²) in [6, 6.07) is 0. The van der Waals surface area contributed by atoms with E-state index in [1.807, 2.05) is 0 Å². The molecule has 0 spiro atoms. The van der Waals surface area contributed by atoms with Crippen molar-refractivity contribution in [1.82, 2.24) is 0 Å². The minimum absolute atomic E-state index is 0.0651. The van der Waals surface area contributed by atoms with Crippen LogP contribution in [0.4, 0.5) is 0 Å². The van der Waals surface area contributed by atoms with E-state index in [9.17, 15) is 10.2 Å². The molecule has 0 aromatic rings. The Morgan fingerprint density at radius 2 is 0.667 bits per heavy atom. The fourth-order valence-corrected chi connectivity index (χ4v) is 3.37. The zero-order valence-electron chi connectivity index (χ0n) is 16.8. The average Bonchev–Trinajstić information content (AvgIpc) is 2.58. The van der Waals surface area contributed by atoms with Crippen LogP contribution in [0.1, 0.15) is 129 Å². The van der Waals surface area contributed by atoms with E-state index in [0.717, 1.165) is 25.7 Å². The monoisotopic (exact) mass is 342 g/mol. The van der Waals surface area contributed by atoms with E-state index in [2.05, 4.69) is 13.8 Å². The molecule has 0 aromatic heterocycles. The minimum Gasteiger partial charge on any atom is -0.393 e. The Kier molecular flexibility index (Phi) is 19.2. The molecule has 2 N–H and O–H groups in total. The molecule has 2 nitrogen and oxygen atoms in total. The number of hydrogen-bond donors (Lipinski definition) is 2. The van der Waals surface area contributed by atoms with Gasteiger partial charge >= 0.3 is 0 Å². The number of aliphatic hydroxyl groups excluding tert-OH is 2. The van der Waals surface area contributed by atoms with Crippen molar-refractivity contribution in [2.45, 2.75) is 142 Å². The Bertz CT molecular complexity index is 206. The first kappa shape index (κ1) is 23.9. The highest BCUT2D eigenvalue weighted by molar-refractivity contribution is 4.59. The highest BCUT2D eigenvalue weighted by Crippen LogP contribution is 2.15. The van der Waals surface area contributed by atoms with Crippen LogP contribution in [0.5, 0.6) is 0 Å². The molecule has 0 bridgehead atoms. The summed E-state index contributed by atoms with van der Waals surface area (Å²) in [6.45, 7) is 4.45. The highest BCUT2D eigenvalue weighted by atomic mass is 16.3. The van der Waals surface area contributed by atoms with Gasteiger partial charge in [-0.15, -0.1) is 0 Å². The lowest BCUT2D eigenvalue weighted by atomic mass is 10.0. The fraction of sp³-hybridized carbons (Fsp3) is 1.00. The van der Waals surface area contributed by atoms with Crippen LogP contribution in [0.25, 0.3) is 0 Å². The molecule has 0 fully saturated rings. The normalized spacial score (nSPS) is 14.0. The van der Waals surface area contributed by atoms with Gasteiger partial charge in [0.25, 0.3) is 0 Å². The molecule has 0 unspecified atom stereocenters. The fourth-order valence-electron chi connectivity index (χ4n) is 3.37. The molecular formula is C22H46O2. The molecule has 0 aliphatic heterocycles. The van der Waals surface area contributed by atoms with E-state index in [1.54, 1.807) is 0 Å². The number of hydrogen-bond acceptors (Lipinski definition) is 2. The van der Waals surface area contributed by atoms with Gasteiger partial charge in [-0.05, 0) is 25.7 Å². The zero-order valence-corrected chi connectivity index (χ0v) is 16.8. The second kappa shape index (κ2) is 19.2. The summed E-state index contributed by atoms with van der Waals surface area (Å²) in [6.07, 6.45) is 21.4. The third-order valence-electron chi connectivity index (χ3n) is 5.11. The van der Waals surface area contributed by atoms with Crippen molar-refractivity contribution in [3.8, 4) is 0 Å². The minimum atomic E-state index is -0.0651. The van der Waals surface area contributed by atoms with Crippen LogP contribution in [-0.2, 0) is 0 Å². The molecule has 0 aromatic carbocycles. The van der Waals surface area contributed by atoms with Gasteiger partial charge in [0.2, 0.25) is 0 Å². The van der Waals surface area contributed by atoms with Crippen LogP contribution < -0.4 is 0 Å². The molecule has 0 radical (unpaired) electrons. The molecule has 2 atom stereocenters. The van der Waals surface area contributed by atoms with Crippen molar-refractivity contribution < 1.29 is 10.2 Å². The maximum atomic E-state index is 9.93. The van der Waals surface area contributed by atoms with Crippen molar-refractivity contribution in [3.05, 3.63) is 0 Å². The number of rotatable bonds is 19. The summed E-state index contributed by atoms with van der Waals surface area (Å²) in [5.74, 6) is 0. The largest absolute Gasteiger partial charge is 0.393 e. The van der Waals surface area contributed by atoms with Crippen LogP contribution in [-0.4, -0.2) is 22.4 Å². The molecule has 0 saturated heterocycles. The van der Waals surface area contributed by atoms with Crippen LogP contribution >= 0.6 is 0 Å². The van der Waals surface area contributed by atoms with Crippen molar-refractivity contribution in [2.75, 3.05) is 0 Å². The molecule has 0 aliphatic rings. The lowest BCUT2D eigenvalue weighted by Gasteiger charge is -2.11. The van der Waals surface area contributed by atoms with Gasteiger partial charge in [-0.25, -0.2) is 0 Å². The molecule has 2 heteroatoms. The molecule has 0 saturated carbocycles. The van der Waals surface area contributed by atoms with Crippen LogP contribution in [0.15, 0.2) is 0 Å². The summed E-state index contributed by atoms with van der Waals surface area (Å²) in [7, 11) is 0. The third kappa shape index (κ3) is 18.3. The van der Waals surface area contributed by atoms with Crippen molar-refractivity contribution in [3.63, 3.8) is 0 Å². The topological polar surface area (TPSA) is 40.5 Å². The van der Waals surface area contributed by atoms with Crippen molar-refractivity contribution >= 4 is 0 Å². The van der Waals surface area contributed by atoms with E-state index >= 15 is 0 Å². The van der Waals surface area contributed by atoms with Crippen molar-refractivity contribution in [1.29, 1.82) is 0 Å². The van der Waals surface area contributed by atoms with Gasteiger partial charge in [-0.1, -0.05) is 104 Å². The SMILES string of the molecule is CCCCCC[C@@H](O)CCCCCCCC[C@@H](O)CCCCCC. The third-order valence-corrected chi connectivity index (χ3v) is 5.11. The Morgan fingerprint density at radius 1 is 0.417 bits per heavy atom. The number of unbranched alkanes of at least 4 members (excludes halogenated alkanes) is 11. The Labute approximate surface area is 152 Å². The van der Waals surface area contributed by atoms with Gasteiger partial charge in [0.1, 0.15) is 0 Å². The quantitative estimate of drug-likeness (QED) is 0.254. The van der Waals surface area contributed by atoms with E-state index in [4.69, 9.17) is 0 Å². The van der Waals surface area contributed by atoms with Gasteiger partial charge in [0, 0.05) is 0 Å². The second-order valence-electron chi connectivity index (χ2n) is 7.70. The summed E-state index contributed by atoms with van der Waals surface area (Å²) >= 11 is 0. The summed E-state index contributed by atoms with van der Waals surface area (Å²) in [5.41, 5.74) is 0. The predicted molar refractivity (Wildman–Crippen MR) is 106 cm³/mol.